The molecule has 0 aliphatic carbocycles. The normalized spacial score (nSPS) is 16.9. The van der Waals surface area contributed by atoms with Crippen LogP contribution in [0.5, 0.6) is 5.75 Å². The van der Waals surface area contributed by atoms with Crippen molar-refractivity contribution in [2.75, 3.05) is 39.3 Å². The topological polar surface area (TPSA) is 108 Å². The molecular formula is C29H31FN8O. The summed E-state index contributed by atoms with van der Waals surface area (Å²) in [5.74, 6) is 1.22. The number of rotatable bonds is 7. The number of imidazole rings is 1. The standard InChI is InChI=1S/C29H31FN8O/c30-20-11-19(12-21(13-20)39-10-9-38-7-1-2-8-38)23-15-32-16-26-27(23)35-29(34-26)28-22-14-24(18-3-5-31-6-4-18)33-17-25(22)36-37-28/h11-18,31H,1-10H2,(H,34,35)(H,36,37). The third-order valence-corrected chi connectivity index (χ3v) is 7.90. The summed E-state index contributed by atoms with van der Waals surface area (Å²) < 4.78 is 20.6. The number of benzene rings is 1. The lowest BCUT2D eigenvalue weighted by Gasteiger charge is -2.21. The number of nitrogens with zero attached hydrogens (tertiary/aromatic N) is 5. The number of aromatic nitrogens is 6. The molecule has 3 N–H and O–H groups in total. The van der Waals surface area contributed by atoms with Gasteiger partial charge in [0.2, 0.25) is 0 Å². The fraction of sp³-hybridized carbons (Fsp3) is 0.379. The first-order chi connectivity index (χ1) is 19.2. The quantitative estimate of drug-likeness (QED) is 0.284. The van der Waals surface area contributed by atoms with E-state index in [4.69, 9.17) is 14.7 Å². The average Bonchev–Trinajstić information content (AvgIpc) is 3.72. The summed E-state index contributed by atoms with van der Waals surface area (Å²) in [6, 6.07) is 6.92. The van der Waals surface area contributed by atoms with Crippen molar-refractivity contribution in [3.05, 3.63) is 54.4 Å². The Bertz CT molecular complexity index is 1620. The zero-order valence-corrected chi connectivity index (χ0v) is 21.7. The monoisotopic (exact) mass is 526 g/mol. The highest BCUT2D eigenvalue weighted by molar-refractivity contribution is 5.96. The summed E-state index contributed by atoms with van der Waals surface area (Å²) in [6.45, 7) is 5.60. The highest BCUT2D eigenvalue weighted by Crippen LogP contribution is 2.34. The Kier molecular flexibility index (Phi) is 6.41. The van der Waals surface area contributed by atoms with Crippen LogP contribution < -0.4 is 10.1 Å². The molecule has 4 aromatic heterocycles. The molecular weight excluding hydrogens is 495 g/mol. The smallest absolute Gasteiger partial charge is 0.159 e. The number of aromatic amines is 2. The SMILES string of the molecule is Fc1cc(OCCN2CCCC2)cc(-c2cncc3[nH]c(-c4n[nH]c5cnc(C6CCNCC6)cc45)nc23)c1. The molecule has 1 aromatic carbocycles. The summed E-state index contributed by atoms with van der Waals surface area (Å²) in [5.41, 5.74) is 5.55. The Balaban J connectivity index is 1.20. The van der Waals surface area contributed by atoms with Crippen molar-refractivity contribution < 1.29 is 9.13 Å². The van der Waals surface area contributed by atoms with E-state index in [0.29, 0.717) is 35.2 Å². The van der Waals surface area contributed by atoms with Gasteiger partial charge in [-0.2, -0.15) is 5.10 Å². The van der Waals surface area contributed by atoms with Crippen LogP contribution in [0, 0.1) is 5.82 Å². The van der Waals surface area contributed by atoms with Crippen LogP contribution in [-0.2, 0) is 0 Å². The molecule has 9 nitrogen and oxygen atoms in total. The first-order valence-corrected chi connectivity index (χ1v) is 13.8. The molecule has 10 heteroatoms. The summed E-state index contributed by atoms with van der Waals surface area (Å²) in [5, 5.41) is 12.1. The van der Waals surface area contributed by atoms with Crippen molar-refractivity contribution in [3.8, 4) is 28.4 Å². The molecule has 0 bridgehead atoms. The summed E-state index contributed by atoms with van der Waals surface area (Å²) >= 11 is 0. The molecule has 6 heterocycles. The van der Waals surface area contributed by atoms with Gasteiger partial charge in [-0.3, -0.25) is 20.0 Å². The minimum Gasteiger partial charge on any atom is -0.492 e. The molecule has 0 unspecified atom stereocenters. The van der Waals surface area contributed by atoms with Crippen LogP contribution in [0.3, 0.4) is 0 Å². The third kappa shape index (κ3) is 4.86. The van der Waals surface area contributed by atoms with Gasteiger partial charge < -0.3 is 15.0 Å². The Morgan fingerprint density at radius 3 is 2.74 bits per heavy atom. The van der Waals surface area contributed by atoms with Gasteiger partial charge in [0.05, 0.1) is 28.9 Å². The van der Waals surface area contributed by atoms with E-state index in [9.17, 15) is 4.39 Å². The number of piperidine rings is 1. The maximum atomic E-state index is 14.7. The molecule has 2 saturated heterocycles. The second-order valence-electron chi connectivity index (χ2n) is 10.5. The van der Waals surface area contributed by atoms with Gasteiger partial charge in [0.15, 0.2) is 5.82 Å². The van der Waals surface area contributed by atoms with Crippen molar-refractivity contribution in [1.82, 2.24) is 40.3 Å². The fourth-order valence-corrected chi connectivity index (χ4v) is 5.81. The number of halogens is 1. The number of likely N-dealkylation sites (tertiary alicyclic amines) is 1. The lowest BCUT2D eigenvalue weighted by molar-refractivity contribution is 0.237. The lowest BCUT2D eigenvalue weighted by atomic mass is 9.93. The highest BCUT2D eigenvalue weighted by atomic mass is 19.1. The Labute approximate surface area is 225 Å². The summed E-state index contributed by atoms with van der Waals surface area (Å²) in [7, 11) is 0. The Hall–Kier alpha value is -3.89. The molecule has 0 spiro atoms. The van der Waals surface area contributed by atoms with E-state index in [1.807, 2.05) is 12.3 Å². The van der Waals surface area contributed by atoms with Crippen LogP contribution in [0.25, 0.3) is 44.6 Å². The Morgan fingerprint density at radius 1 is 1.00 bits per heavy atom. The van der Waals surface area contributed by atoms with Gasteiger partial charge in [0.1, 0.15) is 23.9 Å². The third-order valence-electron chi connectivity index (χ3n) is 7.90. The molecule has 0 saturated carbocycles. The number of pyridine rings is 2. The summed E-state index contributed by atoms with van der Waals surface area (Å²) in [4.78, 5) is 19.8. The van der Waals surface area contributed by atoms with Gasteiger partial charge >= 0.3 is 0 Å². The van der Waals surface area contributed by atoms with Gasteiger partial charge in [0.25, 0.3) is 0 Å². The number of ether oxygens (including phenoxy) is 1. The minimum atomic E-state index is -0.354. The predicted molar refractivity (Wildman–Crippen MR) is 148 cm³/mol. The second kappa shape index (κ2) is 10.3. The first-order valence-electron chi connectivity index (χ1n) is 13.8. The zero-order chi connectivity index (χ0) is 26.2. The molecule has 2 aliphatic heterocycles. The van der Waals surface area contributed by atoms with Crippen molar-refractivity contribution in [2.45, 2.75) is 31.6 Å². The van der Waals surface area contributed by atoms with Gasteiger partial charge in [-0.15, -0.1) is 0 Å². The fourth-order valence-electron chi connectivity index (χ4n) is 5.81. The van der Waals surface area contributed by atoms with E-state index >= 15 is 0 Å². The van der Waals surface area contributed by atoms with Crippen LogP contribution >= 0.6 is 0 Å². The van der Waals surface area contributed by atoms with E-state index in [1.165, 1.54) is 25.0 Å². The number of H-pyrrole nitrogens is 2. The van der Waals surface area contributed by atoms with Crippen LogP contribution in [0.2, 0.25) is 0 Å². The van der Waals surface area contributed by atoms with Crippen molar-refractivity contribution in [1.29, 1.82) is 0 Å². The van der Waals surface area contributed by atoms with Gasteiger partial charge in [-0.25, -0.2) is 9.37 Å². The van der Waals surface area contributed by atoms with Crippen LogP contribution in [0.1, 0.15) is 37.3 Å². The van der Waals surface area contributed by atoms with Crippen LogP contribution in [0.15, 0.2) is 42.9 Å². The van der Waals surface area contributed by atoms with Crippen molar-refractivity contribution in [3.63, 3.8) is 0 Å². The number of hydrogen-bond donors (Lipinski definition) is 3. The molecule has 0 amide bonds. The molecule has 5 aromatic rings. The summed E-state index contributed by atoms with van der Waals surface area (Å²) in [6.07, 6.45) is 9.92. The molecule has 39 heavy (non-hydrogen) atoms. The largest absolute Gasteiger partial charge is 0.492 e. The van der Waals surface area contributed by atoms with E-state index in [2.05, 4.69) is 36.4 Å². The van der Waals surface area contributed by atoms with E-state index < -0.39 is 0 Å². The highest BCUT2D eigenvalue weighted by Gasteiger charge is 2.20. The average molecular weight is 527 g/mol. The molecule has 0 atom stereocenters. The van der Waals surface area contributed by atoms with Gasteiger partial charge in [-0.1, -0.05) is 0 Å². The van der Waals surface area contributed by atoms with Crippen LogP contribution in [0.4, 0.5) is 4.39 Å². The lowest BCUT2D eigenvalue weighted by Crippen LogP contribution is -2.27. The maximum Gasteiger partial charge on any atom is 0.159 e. The van der Waals surface area contributed by atoms with Crippen molar-refractivity contribution in [2.24, 2.45) is 0 Å². The van der Waals surface area contributed by atoms with E-state index in [1.54, 1.807) is 12.4 Å². The van der Waals surface area contributed by atoms with Crippen LogP contribution in [-0.4, -0.2) is 74.4 Å². The number of nitrogens with one attached hydrogen (secondary N) is 3. The first kappa shape index (κ1) is 24.2. The van der Waals surface area contributed by atoms with Crippen molar-refractivity contribution >= 4 is 21.9 Å². The van der Waals surface area contributed by atoms with Gasteiger partial charge in [0, 0.05) is 41.4 Å². The zero-order valence-electron chi connectivity index (χ0n) is 21.7. The Morgan fingerprint density at radius 2 is 1.87 bits per heavy atom. The van der Waals surface area contributed by atoms with E-state index in [-0.39, 0.29) is 5.82 Å². The molecule has 0 radical (unpaired) electrons. The second-order valence-corrected chi connectivity index (χ2v) is 10.5. The maximum absolute atomic E-state index is 14.7. The minimum absolute atomic E-state index is 0.354. The molecule has 2 aliphatic rings. The van der Waals surface area contributed by atoms with Gasteiger partial charge in [-0.05, 0) is 75.6 Å². The predicted octanol–water partition coefficient (Wildman–Crippen LogP) is 4.64. The molecule has 2 fully saturated rings. The molecule has 200 valence electrons. The van der Waals surface area contributed by atoms with E-state index in [0.717, 1.165) is 78.9 Å². The number of hydrogen-bond acceptors (Lipinski definition) is 7. The number of fused-ring (bicyclic) bond motifs is 2. The molecule has 7 rings (SSSR count).